The Morgan fingerprint density at radius 1 is 1.06 bits per heavy atom. The first-order chi connectivity index (χ1) is 16.6. The van der Waals surface area contributed by atoms with E-state index in [-0.39, 0.29) is 23.0 Å². The van der Waals surface area contributed by atoms with Crippen LogP contribution in [0.15, 0.2) is 24.3 Å². The molecule has 2 saturated carbocycles. The fourth-order valence-electron chi connectivity index (χ4n) is 9.50. The summed E-state index contributed by atoms with van der Waals surface area (Å²) in [5.41, 5.74) is 1.98. The number of ketones is 1. The molecule has 35 heavy (non-hydrogen) atoms. The van der Waals surface area contributed by atoms with Crippen molar-refractivity contribution in [3.8, 4) is 0 Å². The highest BCUT2D eigenvalue weighted by Gasteiger charge is 2.91. The molecular formula is C29H33N3O3. The zero-order valence-corrected chi connectivity index (χ0v) is 20.9. The smallest absolute Gasteiger partial charge is 0.248 e. The number of rotatable bonds is 1. The molecule has 3 unspecified atom stereocenters. The number of piperazine rings is 1. The first-order valence-electron chi connectivity index (χ1n) is 13.5. The van der Waals surface area contributed by atoms with E-state index in [1.807, 2.05) is 11.0 Å². The normalized spacial score (nSPS) is 41.2. The minimum absolute atomic E-state index is 0.0416. The van der Waals surface area contributed by atoms with Crippen LogP contribution in [0.25, 0.3) is 5.57 Å². The van der Waals surface area contributed by atoms with Gasteiger partial charge in [-0.1, -0.05) is 32.3 Å². The summed E-state index contributed by atoms with van der Waals surface area (Å²) >= 11 is 0. The highest BCUT2D eigenvalue weighted by Crippen LogP contribution is 2.70. The summed E-state index contributed by atoms with van der Waals surface area (Å²) in [6, 6.07) is 6.39. The molecule has 4 atom stereocenters. The SMILES string of the molecule is CC1(c2ccc3c(c2)C2=C[C@]45NC6(CC4C(C)(C)C2=[N+]3[O-])C(=O)C62CCCN2C5=O)CCCCC1. The molecule has 1 N–H and O–H groups in total. The lowest BCUT2D eigenvalue weighted by molar-refractivity contribution is -0.362. The van der Waals surface area contributed by atoms with Crippen LogP contribution in [0.4, 0.5) is 5.69 Å². The molecule has 6 heteroatoms. The molecule has 7 aliphatic rings. The van der Waals surface area contributed by atoms with E-state index in [1.54, 1.807) is 0 Å². The van der Waals surface area contributed by atoms with Gasteiger partial charge in [0, 0.05) is 18.5 Å². The number of benzene rings is 1. The van der Waals surface area contributed by atoms with Crippen LogP contribution >= 0.6 is 0 Å². The van der Waals surface area contributed by atoms with Gasteiger partial charge in [0.25, 0.3) is 0 Å². The molecule has 8 rings (SSSR count). The second kappa shape index (κ2) is 5.74. The van der Waals surface area contributed by atoms with Crippen LogP contribution in [0.1, 0.15) is 83.3 Å². The lowest BCUT2D eigenvalue weighted by Gasteiger charge is -2.47. The zero-order valence-electron chi connectivity index (χ0n) is 20.9. The average molecular weight is 472 g/mol. The third-order valence-electron chi connectivity index (χ3n) is 11.3. The van der Waals surface area contributed by atoms with Crippen LogP contribution in [-0.2, 0) is 15.0 Å². The van der Waals surface area contributed by atoms with E-state index in [1.165, 1.54) is 37.7 Å². The average Bonchev–Trinajstić information content (AvgIpc) is 3.28. The van der Waals surface area contributed by atoms with Gasteiger partial charge in [0.2, 0.25) is 17.3 Å². The van der Waals surface area contributed by atoms with Gasteiger partial charge >= 0.3 is 0 Å². The number of amides is 1. The Balaban J connectivity index is 1.33. The molecule has 0 radical (unpaired) electrons. The van der Waals surface area contributed by atoms with Crippen molar-refractivity contribution in [2.24, 2.45) is 11.3 Å². The summed E-state index contributed by atoms with van der Waals surface area (Å²) in [4.78, 5) is 29.5. The number of nitrogens with zero attached hydrogens (tertiary/aromatic N) is 2. The van der Waals surface area contributed by atoms with E-state index in [4.69, 9.17) is 0 Å². The predicted molar refractivity (Wildman–Crippen MR) is 132 cm³/mol. The van der Waals surface area contributed by atoms with E-state index >= 15 is 0 Å². The minimum atomic E-state index is -0.921. The van der Waals surface area contributed by atoms with Gasteiger partial charge < -0.3 is 10.1 Å². The van der Waals surface area contributed by atoms with E-state index in [0.717, 1.165) is 34.4 Å². The summed E-state index contributed by atoms with van der Waals surface area (Å²) in [6.07, 6.45) is 10.5. The molecule has 1 amide bonds. The van der Waals surface area contributed by atoms with Crippen molar-refractivity contribution in [3.63, 3.8) is 0 Å². The van der Waals surface area contributed by atoms with E-state index in [0.29, 0.717) is 18.7 Å². The van der Waals surface area contributed by atoms with Gasteiger partial charge in [0.05, 0.1) is 16.6 Å². The number of allylic oxidation sites excluding steroid dienone is 1. The Morgan fingerprint density at radius 3 is 2.60 bits per heavy atom. The van der Waals surface area contributed by atoms with Crippen LogP contribution in [0.3, 0.4) is 0 Å². The maximum absolute atomic E-state index is 14.2. The van der Waals surface area contributed by atoms with Gasteiger partial charge in [-0.15, -0.1) is 0 Å². The first-order valence-corrected chi connectivity index (χ1v) is 13.5. The maximum Gasteiger partial charge on any atom is 0.248 e. The Morgan fingerprint density at radius 2 is 1.83 bits per heavy atom. The van der Waals surface area contributed by atoms with E-state index in [9.17, 15) is 14.8 Å². The molecule has 182 valence electrons. The third kappa shape index (κ3) is 1.96. The van der Waals surface area contributed by atoms with Crippen molar-refractivity contribution in [2.75, 3.05) is 6.54 Å². The molecule has 3 aliphatic carbocycles. The number of Topliss-reactive ketones (excluding diaryl/α,β-unsaturated/α-hetero) is 1. The Bertz CT molecular complexity index is 1330. The van der Waals surface area contributed by atoms with Crippen LogP contribution < -0.4 is 5.32 Å². The number of carbonyl (C=O) groups excluding carboxylic acids is 2. The summed E-state index contributed by atoms with van der Waals surface area (Å²) in [6.45, 7) is 7.24. The molecular weight excluding hydrogens is 438 g/mol. The standard InChI is InChI=1S/C29H33N3O3/c1-25(2)21-16-28-23(33)29(28)12-7-13-31(29)24(34)27(21,30-28)15-19-18-14-17(26(3)10-5-4-6-11-26)8-9-20(18)32(35)22(19)25/h8-9,14-15,21,30H,4-7,10-13,16H2,1-3H3/t21?,27-,28?,29?/m0/s1. The molecule has 6 nitrogen and oxygen atoms in total. The Hall–Kier alpha value is -2.47. The summed E-state index contributed by atoms with van der Waals surface area (Å²) in [7, 11) is 0. The van der Waals surface area contributed by atoms with Gasteiger partial charge in [-0.25, -0.2) is 0 Å². The largest absolute Gasteiger partial charge is 0.618 e. The second-order valence-corrected chi connectivity index (χ2v) is 13.2. The summed E-state index contributed by atoms with van der Waals surface area (Å²) in [5, 5.41) is 17.4. The van der Waals surface area contributed by atoms with Crippen LogP contribution in [0.5, 0.6) is 0 Å². The lowest BCUT2D eigenvalue weighted by atomic mass is 9.59. The Labute approximate surface area is 206 Å². The lowest BCUT2D eigenvalue weighted by Crippen LogP contribution is -2.69. The predicted octanol–water partition coefficient (Wildman–Crippen LogP) is 3.97. The van der Waals surface area contributed by atoms with Crippen molar-refractivity contribution in [1.29, 1.82) is 0 Å². The number of hydrogen-bond acceptors (Lipinski definition) is 4. The van der Waals surface area contributed by atoms with E-state index in [2.05, 4.69) is 44.3 Å². The fraction of sp³-hybridized carbons (Fsp3) is 0.621. The quantitative estimate of drug-likeness (QED) is 0.497. The van der Waals surface area contributed by atoms with Crippen molar-refractivity contribution in [3.05, 3.63) is 40.6 Å². The number of nitrogens with one attached hydrogen (secondary N) is 1. The minimum Gasteiger partial charge on any atom is -0.618 e. The topological polar surface area (TPSA) is 75.5 Å². The molecule has 4 heterocycles. The number of carbonyl (C=O) groups is 2. The summed E-state index contributed by atoms with van der Waals surface area (Å²) < 4.78 is 1.12. The summed E-state index contributed by atoms with van der Waals surface area (Å²) in [5.74, 6) is 0.106. The molecule has 1 aromatic rings. The van der Waals surface area contributed by atoms with Gasteiger partial charge in [-0.2, -0.15) is 4.74 Å². The van der Waals surface area contributed by atoms with Gasteiger partial charge in [-0.3, -0.25) is 14.9 Å². The molecule has 2 bridgehead atoms. The maximum atomic E-state index is 14.2. The van der Waals surface area contributed by atoms with Crippen molar-refractivity contribution in [2.45, 2.75) is 94.2 Å². The van der Waals surface area contributed by atoms with Gasteiger partial charge in [-0.05, 0) is 69.1 Å². The highest BCUT2D eigenvalue weighted by atomic mass is 16.5. The molecule has 5 fully saturated rings. The van der Waals surface area contributed by atoms with Gasteiger partial charge in [0.15, 0.2) is 5.78 Å². The molecule has 0 aromatic heterocycles. The van der Waals surface area contributed by atoms with Crippen LogP contribution in [-0.4, -0.2) is 50.2 Å². The molecule has 1 aromatic carbocycles. The zero-order chi connectivity index (χ0) is 24.2. The third-order valence-corrected chi connectivity index (χ3v) is 11.3. The highest BCUT2D eigenvalue weighted by molar-refractivity contribution is 6.31. The van der Waals surface area contributed by atoms with E-state index < -0.39 is 22.0 Å². The molecule has 3 spiro atoms. The molecule has 4 aliphatic heterocycles. The van der Waals surface area contributed by atoms with Crippen molar-refractivity contribution < 1.29 is 14.3 Å². The van der Waals surface area contributed by atoms with Crippen molar-refractivity contribution in [1.82, 2.24) is 10.2 Å². The number of hydrogen-bond donors (Lipinski definition) is 1. The van der Waals surface area contributed by atoms with Gasteiger partial charge in [0.1, 0.15) is 16.6 Å². The fourth-order valence-corrected chi connectivity index (χ4v) is 9.50. The molecule has 3 saturated heterocycles. The number of fused-ring (bicyclic) bond motifs is 3. The van der Waals surface area contributed by atoms with Crippen LogP contribution in [0, 0.1) is 16.5 Å². The van der Waals surface area contributed by atoms with Crippen molar-refractivity contribution >= 4 is 28.7 Å². The Kier molecular flexibility index (Phi) is 3.40. The second-order valence-electron chi connectivity index (χ2n) is 13.2. The first kappa shape index (κ1) is 20.7. The monoisotopic (exact) mass is 471 g/mol. The van der Waals surface area contributed by atoms with Crippen LogP contribution in [0.2, 0.25) is 0 Å².